The zero-order valence-electron chi connectivity index (χ0n) is 11.7. The molecule has 4 unspecified atom stereocenters. The van der Waals surface area contributed by atoms with Gasteiger partial charge in [0.1, 0.15) is 0 Å². The first-order valence-corrected chi connectivity index (χ1v) is 8.66. The molecule has 0 aromatic heterocycles. The largest absolute Gasteiger partial charge is 0.362 e. The molecule has 1 heterocycles. The maximum atomic E-state index is 4.96. The van der Waals surface area contributed by atoms with E-state index in [2.05, 4.69) is 19.2 Å². The Morgan fingerprint density at radius 2 is 1.89 bits per heavy atom. The average Bonchev–Trinajstić information content (AvgIpc) is 2.74. The van der Waals surface area contributed by atoms with Crippen molar-refractivity contribution >= 4 is 16.9 Å². The molecule has 2 fully saturated rings. The Labute approximate surface area is 115 Å². The van der Waals surface area contributed by atoms with Gasteiger partial charge in [0.15, 0.2) is 5.17 Å². The highest BCUT2D eigenvalue weighted by Crippen LogP contribution is 2.36. The van der Waals surface area contributed by atoms with Gasteiger partial charge in [-0.3, -0.25) is 4.99 Å². The van der Waals surface area contributed by atoms with Crippen LogP contribution in [0.2, 0.25) is 0 Å². The molecule has 0 aromatic rings. The number of aliphatic imine (C=N–C) groups is 1. The van der Waals surface area contributed by atoms with Crippen molar-refractivity contribution in [2.75, 3.05) is 5.75 Å². The number of amidine groups is 1. The van der Waals surface area contributed by atoms with Gasteiger partial charge < -0.3 is 5.32 Å². The molecular weight excluding hydrogens is 240 g/mol. The smallest absolute Gasteiger partial charge is 0.157 e. The summed E-state index contributed by atoms with van der Waals surface area (Å²) in [6.45, 7) is 4.79. The lowest BCUT2D eigenvalue weighted by atomic mass is 9.80. The van der Waals surface area contributed by atoms with Crippen molar-refractivity contribution in [3.05, 3.63) is 0 Å². The zero-order valence-corrected chi connectivity index (χ0v) is 12.5. The van der Waals surface area contributed by atoms with Crippen LogP contribution < -0.4 is 5.32 Å². The fourth-order valence-corrected chi connectivity index (χ4v) is 5.29. The normalized spacial score (nSPS) is 44.3. The lowest BCUT2D eigenvalue weighted by Crippen LogP contribution is -2.41. The van der Waals surface area contributed by atoms with Crippen LogP contribution in [0.3, 0.4) is 0 Å². The number of fused-ring (bicyclic) bond motifs is 1. The molecule has 102 valence electrons. The van der Waals surface area contributed by atoms with Crippen LogP contribution in [0.1, 0.15) is 52.4 Å². The van der Waals surface area contributed by atoms with E-state index in [1.165, 1.54) is 49.4 Å². The van der Waals surface area contributed by atoms with E-state index in [1.54, 1.807) is 0 Å². The number of nitrogens with one attached hydrogen (secondary N) is 1. The molecule has 3 rings (SSSR count). The van der Waals surface area contributed by atoms with Crippen LogP contribution in [-0.4, -0.2) is 23.0 Å². The molecular formula is C15H26N2S. The van der Waals surface area contributed by atoms with Gasteiger partial charge in [0.05, 0.1) is 6.04 Å². The summed E-state index contributed by atoms with van der Waals surface area (Å²) < 4.78 is 0. The maximum Gasteiger partial charge on any atom is 0.157 e. The second-order valence-electron chi connectivity index (χ2n) is 6.76. The van der Waals surface area contributed by atoms with Crippen LogP contribution >= 0.6 is 11.8 Å². The summed E-state index contributed by atoms with van der Waals surface area (Å²) in [7, 11) is 0. The van der Waals surface area contributed by atoms with Gasteiger partial charge in [-0.15, -0.1) is 0 Å². The highest BCUT2D eigenvalue weighted by Gasteiger charge is 2.32. The minimum atomic E-state index is 0.646. The second kappa shape index (κ2) is 5.44. The number of hydrogen-bond donors (Lipinski definition) is 1. The summed E-state index contributed by atoms with van der Waals surface area (Å²) in [5.41, 5.74) is 0. The Morgan fingerprint density at radius 1 is 1.11 bits per heavy atom. The quantitative estimate of drug-likeness (QED) is 0.783. The SMILES string of the molecule is CC1CC(C)CC(NC2=NC3CCCC3CS2)C1. The molecule has 0 bridgehead atoms. The summed E-state index contributed by atoms with van der Waals surface area (Å²) >= 11 is 1.97. The molecule has 0 radical (unpaired) electrons. The van der Waals surface area contributed by atoms with Gasteiger partial charge in [-0.05, 0) is 49.9 Å². The van der Waals surface area contributed by atoms with Crippen LogP contribution in [0.15, 0.2) is 4.99 Å². The van der Waals surface area contributed by atoms with E-state index in [-0.39, 0.29) is 0 Å². The Morgan fingerprint density at radius 3 is 2.67 bits per heavy atom. The molecule has 0 saturated heterocycles. The van der Waals surface area contributed by atoms with Gasteiger partial charge in [0.25, 0.3) is 0 Å². The highest BCUT2D eigenvalue weighted by atomic mass is 32.2. The van der Waals surface area contributed by atoms with Crippen molar-refractivity contribution in [1.29, 1.82) is 0 Å². The van der Waals surface area contributed by atoms with E-state index in [1.807, 2.05) is 11.8 Å². The lowest BCUT2D eigenvalue weighted by Gasteiger charge is -2.34. The van der Waals surface area contributed by atoms with Crippen LogP contribution in [0.25, 0.3) is 0 Å². The Kier molecular flexibility index (Phi) is 3.88. The summed E-state index contributed by atoms with van der Waals surface area (Å²) in [5, 5.41) is 5.00. The lowest BCUT2D eigenvalue weighted by molar-refractivity contribution is 0.256. The van der Waals surface area contributed by atoms with Gasteiger partial charge in [0.2, 0.25) is 0 Å². The van der Waals surface area contributed by atoms with E-state index >= 15 is 0 Å². The van der Waals surface area contributed by atoms with Crippen LogP contribution in [-0.2, 0) is 0 Å². The molecule has 1 aliphatic heterocycles. The molecule has 4 atom stereocenters. The van der Waals surface area contributed by atoms with Crippen molar-refractivity contribution in [2.45, 2.75) is 64.5 Å². The third kappa shape index (κ3) is 2.87. The molecule has 0 amide bonds. The Hall–Kier alpha value is -0.180. The van der Waals surface area contributed by atoms with Gasteiger partial charge in [0, 0.05) is 11.8 Å². The topological polar surface area (TPSA) is 24.4 Å². The third-order valence-corrected chi connectivity index (χ3v) is 5.93. The van der Waals surface area contributed by atoms with Crippen molar-refractivity contribution in [3.63, 3.8) is 0 Å². The van der Waals surface area contributed by atoms with Crippen LogP contribution in [0.4, 0.5) is 0 Å². The first-order chi connectivity index (χ1) is 8.70. The van der Waals surface area contributed by atoms with Gasteiger partial charge in [-0.25, -0.2) is 0 Å². The number of nitrogens with zero attached hydrogens (tertiary/aromatic N) is 1. The van der Waals surface area contributed by atoms with Gasteiger partial charge >= 0.3 is 0 Å². The van der Waals surface area contributed by atoms with Crippen molar-refractivity contribution in [1.82, 2.24) is 5.32 Å². The molecule has 2 saturated carbocycles. The first kappa shape index (κ1) is 12.8. The van der Waals surface area contributed by atoms with Crippen LogP contribution in [0.5, 0.6) is 0 Å². The summed E-state index contributed by atoms with van der Waals surface area (Å²) in [6.07, 6.45) is 8.20. The molecule has 0 spiro atoms. The highest BCUT2D eigenvalue weighted by molar-refractivity contribution is 8.13. The Balaban J connectivity index is 1.59. The van der Waals surface area contributed by atoms with Gasteiger partial charge in [-0.1, -0.05) is 32.0 Å². The molecule has 3 aliphatic rings. The zero-order chi connectivity index (χ0) is 12.5. The summed E-state index contributed by atoms with van der Waals surface area (Å²) in [4.78, 5) is 4.96. The molecule has 3 heteroatoms. The van der Waals surface area contributed by atoms with Gasteiger partial charge in [-0.2, -0.15) is 0 Å². The number of rotatable bonds is 1. The summed E-state index contributed by atoms with van der Waals surface area (Å²) in [5.74, 6) is 3.93. The molecule has 2 nitrogen and oxygen atoms in total. The molecule has 18 heavy (non-hydrogen) atoms. The van der Waals surface area contributed by atoms with E-state index in [9.17, 15) is 0 Å². The van der Waals surface area contributed by atoms with E-state index < -0.39 is 0 Å². The van der Waals surface area contributed by atoms with E-state index in [4.69, 9.17) is 4.99 Å². The van der Waals surface area contributed by atoms with Crippen molar-refractivity contribution in [2.24, 2.45) is 22.7 Å². The average molecular weight is 266 g/mol. The Bertz CT molecular complexity index is 318. The maximum absolute atomic E-state index is 4.96. The van der Waals surface area contributed by atoms with Crippen molar-refractivity contribution in [3.8, 4) is 0 Å². The predicted molar refractivity (Wildman–Crippen MR) is 80.1 cm³/mol. The second-order valence-corrected chi connectivity index (χ2v) is 7.77. The van der Waals surface area contributed by atoms with E-state index in [0.717, 1.165) is 17.8 Å². The molecule has 0 aromatic carbocycles. The summed E-state index contributed by atoms with van der Waals surface area (Å²) in [6, 6.07) is 1.32. The van der Waals surface area contributed by atoms with Crippen molar-refractivity contribution < 1.29 is 0 Å². The molecule has 2 aliphatic carbocycles. The van der Waals surface area contributed by atoms with Crippen LogP contribution in [0, 0.1) is 17.8 Å². The fraction of sp³-hybridized carbons (Fsp3) is 0.933. The first-order valence-electron chi connectivity index (χ1n) is 7.68. The standard InChI is InChI=1S/C15H26N2S/c1-10-6-11(2)8-13(7-10)16-15-17-14-5-3-4-12(14)9-18-15/h10-14H,3-9H2,1-2H3,(H,16,17). The fourth-order valence-electron chi connectivity index (χ4n) is 4.07. The van der Waals surface area contributed by atoms with E-state index in [0.29, 0.717) is 12.1 Å². The third-order valence-electron chi connectivity index (χ3n) is 4.84. The molecule has 1 N–H and O–H groups in total. The minimum absolute atomic E-state index is 0.646. The monoisotopic (exact) mass is 266 g/mol. The predicted octanol–water partition coefficient (Wildman–Crippen LogP) is 3.67. The minimum Gasteiger partial charge on any atom is -0.362 e. The number of hydrogen-bond acceptors (Lipinski definition) is 3. The number of thioether (sulfide) groups is 1.